The summed E-state index contributed by atoms with van der Waals surface area (Å²) in [5, 5.41) is 3.19. The van der Waals surface area contributed by atoms with Gasteiger partial charge in [-0.1, -0.05) is 0 Å². The van der Waals surface area contributed by atoms with E-state index in [1.54, 1.807) is 6.92 Å². The number of ether oxygens (including phenoxy) is 1. The molecule has 1 aliphatic rings. The smallest absolute Gasteiger partial charge is 0.421 e. The maximum absolute atomic E-state index is 11.8. The predicted octanol–water partition coefficient (Wildman–Crippen LogP) is -0.339. The second-order valence-electron chi connectivity index (χ2n) is 4.47. The van der Waals surface area contributed by atoms with Gasteiger partial charge in [0.25, 0.3) is 0 Å². The molecule has 0 spiro atoms. The molecule has 0 unspecified atom stereocenters. The lowest BCUT2D eigenvalue weighted by Crippen LogP contribution is -2.60. The number of carbonyl (C=O) groups is 1. The molecule has 1 rings (SSSR count). The summed E-state index contributed by atoms with van der Waals surface area (Å²) < 4.78 is 31.3. The predicted molar refractivity (Wildman–Crippen MR) is 62.7 cm³/mol. The normalized spacial score (nSPS) is 20.9. The first-order valence-corrected chi connectivity index (χ1v) is 6.90. The highest BCUT2D eigenvalue weighted by Gasteiger charge is 2.33. The molecular formula is C9H19N3O4S. The van der Waals surface area contributed by atoms with E-state index in [0.717, 1.165) is 0 Å². The van der Waals surface area contributed by atoms with Crippen LogP contribution in [0, 0.1) is 0 Å². The molecule has 8 heteroatoms. The minimum absolute atomic E-state index is 0.133. The molecule has 17 heavy (non-hydrogen) atoms. The first-order valence-electron chi connectivity index (χ1n) is 5.46. The van der Waals surface area contributed by atoms with Gasteiger partial charge < -0.3 is 10.1 Å². The molecule has 0 aliphatic carbocycles. The molecule has 1 amide bonds. The monoisotopic (exact) mass is 265 g/mol. The van der Waals surface area contributed by atoms with Gasteiger partial charge in [-0.15, -0.1) is 0 Å². The van der Waals surface area contributed by atoms with Crippen LogP contribution < -0.4 is 10.0 Å². The zero-order valence-electron chi connectivity index (χ0n) is 10.3. The van der Waals surface area contributed by atoms with E-state index in [0.29, 0.717) is 19.6 Å². The van der Waals surface area contributed by atoms with Gasteiger partial charge in [-0.2, -0.15) is 12.7 Å². The summed E-state index contributed by atoms with van der Waals surface area (Å²) in [5.41, 5.74) is -0.304. The molecule has 0 bridgehead atoms. The quantitative estimate of drug-likeness (QED) is 0.729. The van der Waals surface area contributed by atoms with Crippen molar-refractivity contribution in [3.8, 4) is 0 Å². The molecule has 1 saturated heterocycles. The van der Waals surface area contributed by atoms with Crippen LogP contribution in [0.15, 0.2) is 0 Å². The third kappa shape index (κ3) is 4.14. The number of amides is 1. The first-order chi connectivity index (χ1) is 7.77. The molecule has 0 atom stereocenters. The Balaban J connectivity index is 2.67. The van der Waals surface area contributed by atoms with Gasteiger partial charge in [0.2, 0.25) is 0 Å². The van der Waals surface area contributed by atoms with Crippen LogP contribution >= 0.6 is 0 Å². The molecule has 0 aromatic carbocycles. The summed E-state index contributed by atoms with van der Waals surface area (Å²) in [4.78, 5) is 11.1. The number of hydrogen-bond acceptors (Lipinski definition) is 5. The maximum atomic E-state index is 11.8. The van der Waals surface area contributed by atoms with Crippen LogP contribution in [0.3, 0.4) is 0 Å². The molecule has 100 valence electrons. The summed E-state index contributed by atoms with van der Waals surface area (Å²) in [6, 6.07) is 0. The highest BCUT2D eigenvalue weighted by atomic mass is 32.2. The fourth-order valence-electron chi connectivity index (χ4n) is 1.63. The molecule has 0 radical (unpaired) electrons. The Labute approximate surface area is 102 Å². The molecule has 1 heterocycles. The van der Waals surface area contributed by atoms with Gasteiger partial charge in [0.1, 0.15) is 0 Å². The molecule has 0 saturated carbocycles. The fourth-order valence-corrected chi connectivity index (χ4v) is 2.85. The van der Waals surface area contributed by atoms with E-state index in [1.807, 2.05) is 18.6 Å². The number of carbonyl (C=O) groups excluding carboxylic acids is 1. The second-order valence-corrected chi connectivity index (χ2v) is 6.14. The van der Waals surface area contributed by atoms with Gasteiger partial charge in [0.05, 0.1) is 6.61 Å². The van der Waals surface area contributed by atoms with Crippen LogP contribution in [0.5, 0.6) is 0 Å². The van der Waals surface area contributed by atoms with Crippen molar-refractivity contribution in [1.29, 1.82) is 0 Å². The minimum Gasteiger partial charge on any atom is -0.449 e. The first kappa shape index (κ1) is 14.2. The van der Waals surface area contributed by atoms with Crippen LogP contribution in [0.25, 0.3) is 0 Å². The molecule has 0 aromatic heterocycles. The van der Waals surface area contributed by atoms with E-state index < -0.39 is 16.3 Å². The lowest BCUT2D eigenvalue weighted by atomic mass is 10.0. The molecular weight excluding hydrogens is 246 g/mol. The van der Waals surface area contributed by atoms with Crippen molar-refractivity contribution in [2.75, 3.05) is 26.2 Å². The zero-order valence-corrected chi connectivity index (χ0v) is 11.1. The molecule has 1 aliphatic heterocycles. The van der Waals surface area contributed by atoms with E-state index in [4.69, 9.17) is 0 Å². The van der Waals surface area contributed by atoms with E-state index in [1.165, 1.54) is 4.31 Å². The van der Waals surface area contributed by atoms with E-state index >= 15 is 0 Å². The van der Waals surface area contributed by atoms with Crippen molar-refractivity contribution in [3.63, 3.8) is 0 Å². The van der Waals surface area contributed by atoms with E-state index in [-0.39, 0.29) is 12.1 Å². The van der Waals surface area contributed by atoms with Crippen molar-refractivity contribution < 1.29 is 17.9 Å². The highest BCUT2D eigenvalue weighted by molar-refractivity contribution is 7.87. The van der Waals surface area contributed by atoms with Crippen LogP contribution in [0.4, 0.5) is 4.79 Å². The third-order valence-corrected chi connectivity index (χ3v) is 3.78. The largest absolute Gasteiger partial charge is 0.449 e. The fraction of sp³-hybridized carbons (Fsp3) is 0.889. The Morgan fingerprint density at radius 2 is 2.18 bits per heavy atom. The summed E-state index contributed by atoms with van der Waals surface area (Å²) in [7, 11) is -3.81. The maximum Gasteiger partial charge on any atom is 0.421 e. The summed E-state index contributed by atoms with van der Waals surface area (Å²) in [6.45, 7) is 6.74. The molecule has 0 aromatic rings. The third-order valence-electron chi connectivity index (χ3n) is 2.36. The van der Waals surface area contributed by atoms with E-state index in [2.05, 4.69) is 10.1 Å². The lowest BCUT2D eigenvalue weighted by Gasteiger charge is -2.37. The summed E-state index contributed by atoms with van der Waals surface area (Å²) in [6.07, 6.45) is -0.941. The van der Waals surface area contributed by atoms with Crippen molar-refractivity contribution in [2.24, 2.45) is 0 Å². The van der Waals surface area contributed by atoms with Gasteiger partial charge in [0.15, 0.2) is 0 Å². The Hall–Kier alpha value is -0.860. The number of nitrogens with zero attached hydrogens (tertiary/aromatic N) is 1. The number of rotatable bonds is 3. The Kier molecular flexibility index (Phi) is 4.34. The van der Waals surface area contributed by atoms with Gasteiger partial charge in [-0.3, -0.25) is 0 Å². The Morgan fingerprint density at radius 1 is 1.53 bits per heavy atom. The van der Waals surface area contributed by atoms with Gasteiger partial charge in [-0.25, -0.2) is 9.52 Å². The summed E-state index contributed by atoms with van der Waals surface area (Å²) >= 11 is 0. The molecule has 1 fully saturated rings. The topological polar surface area (TPSA) is 87.7 Å². The van der Waals surface area contributed by atoms with Crippen LogP contribution in [0.1, 0.15) is 20.8 Å². The van der Waals surface area contributed by atoms with Crippen LogP contribution in [0.2, 0.25) is 0 Å². The highest BCUT2D eigenvalue weighted by Crippen LogP contribution is 2.12. The van der Waals surface area contributed by atoms with E-state index in [9.17, 15) is 13.2 Å². The average molecular weight is 265 g/mol. The van der Waals surface area contributed by atoms with Gasteiger partial charge in [0, 0.05) is 25.2 Å². The molecule has 7 nitrogen and oxygen atoms in total. The standard InChI is InChI=1S/C9H19N3O4S/c1-4-16-8(13)11-17(14,15)12-6-5-10-9(2,3)7-12/h10H,4-7H2,1-3H3,(H,11,13). The molecule has 2 N–H and O–H groups in total. The van der Waals surface area contributed by atoms with Crippen molar-refractivity contribution in [1.82, 2.24) is 14.3 Å². The minimum atomic E-state index is -3.81. The number of nitrogens with one attached hydrogen (secondary N) is 2. The average Bonchev–Trinajstić information content (AvgIpc) is 2.15. The zero-order chi connectivity index (χ0) is 13.1. The van der Waals surface area contributed by atoms with Crippen LogP contribution in [-0.2, 0) is 14.9 Å². The van der Waals surface area contributed by atoms with Crippen molar-refractivity contribution in [2.45, 2.75) is 26.3 Å². The van der Waals surface area contributed by atoms with Crippen LogP contribution in [-0.4, -0.2) is 50.6 Å². The lowest BCUT2D eigenvalue weighted by molar-refractivity contribution is 0.157. The SMILES string of the molecule is CCOC(=O)NS(=O)(=O)N1CCNC(C)(C)C1. The van der Waals surface area contributed by atoms with Gasteiger partial charge in [-0.05, 0) is 20.8 Å². The second kappa shape index (κ2) is 5.19. The Bertz CT molecular complexity index is 380. The van der Waals surface area contributed by atoms with Gasteiger partial charge >= 0.3 is 16.3 Å². The number of hydrogen-bond donors (Lipinski definition) is 2. The van der Waals surface area contributed by atoms with Crippen molar-refractivity contribution >= 4 is 16.3 Å². The summed E-state index contributed by atoms with van der Waals surface area (Å²) in [5.74, 6) is 0. The number of piperazine rings is 1. The van der Waals surface area contributed by atoms with Crippen molar-refractivity contribution in [3.05, 3.63) is 0 Å². The Morgan fingerprint density at radius 3 is 2.71 bits per heavy atom.